The van der Waals surface area contributed by atoms with Crippen molar-refractivity contribution >= 4 is 27.6 Å². The normalized spacial score (nSPS) is 10.9. The smallest absolute Gasteiger partial charge is 0.337 e. The maximum atomic E-state index is 11.9. The molecule has 0 aromatic heterocycles. The Hall–Kier alpha value is -2.13. The number of ether oxygens (including phenoxy) is 1. The topological polar surface area (TPSA) is 128 Å². The van der Waals surface area contributed by atoms with Gasteiger partial charge in [0.25, 0.3) is 0 Å². The van der Waals surface area contributed by atoms with Crippen molar-refractivity contribution in [2.24, 2.45) is 0 Å². The molecular formula is C11H15N3O5S. The standard InChI is InChI=1S/C11H15N3O5S/c1-13-10(15)6-14-20(17,18)9-4-3-7(5-8(9)12)11(16)19-2/h3-5,14H,6,12H2,1-2H3,(H,13,15). The maximum Gasteiger partial charge on any atom is 0.337 e. The number of nitrogens with two attached hydrogens (primary N) is 1. The number of esters is 1. The fraction of sp³-hybridized carbons (Fsp3) is 0.273. The van der Waals surface area contributed by atoms with Gasteiger partial charge in [-0.25, -0.2) is 17.9 Å². The number of sulfonamides is 1. The van der Waals surface area contributed by atoms with Gasteiger partial charge in [-0.3, -0.25) is 4.79 Å². The summed E-state index contributed by atoms with van der Waals surface area (Å²) in [7, 11) is -1.35. The lowest BCUT2D eigenvalue weighted by Crippen LogP contribution is -2.35. The summed E-state index contributed by atoms with van der Waals surface area (Å²) < 4.78 is 30.5. The lowest BCUT2D eigenvalue weighted by atomic mass is 10.2. The van der Waals surface area contributed by atoms with E-state index < -0.39 is 28.4 Å². The van der Waals surface area contributed by atoms with E-state index in [1.807, 2.05) is 0 Å². The zero-order valence-corrected chi connectivity index (χ0v) is 11.8. The first-order valence-corrected chi connectivity index (χ1v) is 6.98. The zero-order valence-electron chi connectivity index (χ0n) is 11.0. The van der Waals surface area contributed by atoms with E-state index in [0.29, 0.717) is 0 Å². The van der Waals surface area contributed by atoms with Crippen LogP contribution in [-0.2, 0) is 19.6 Å². The summed E-state index contributed by atoms with van der Waals surface area (Å²) in [5.74, 6) is -1.11. The Bertz CT molecular complexity index is 627. The minimum absolute atomic E-state index is 0.114. The molecule has 0 aliphatic carbocycles. The summed E-state index contributed by atoms with van der Waals surface area (Å²) in [5.41, 5.74) is 5.63. The van der Waals surface area contributed by atoms with Gasteiger partial charge in [0.15, 0.2) is 0 Å². The van der Waals surface area contributed by atoms with Crippen LogP contribution in [0.2, 0.25) is 0 Å². The van der Waals surface area contributed by atoms with Gasteiger partial charge in [-0.1, -0.05) is 0 Å². The molecule has 0 spiro atoms. The predicted octanol–water partition coefficient (Wildman–Crippen LogP) is -0.920. The number of carbonyl (C=O) groups excluding carboxylic acids is 2. The van der Waals surface area contributed by atoms with Crippen LogP contribution in [-0.4, -0.2) is 41.0 Å². The van der Waals surface area contributed by atoms with Gasteiger partial charge in [0, 0.05) is 7.05 Å². The second-order valence-corrected chi connectivity index (χ2v) is 5.48. The highest BCUT2D eigenvalue weighted by Gasteiger charge is 2.19. The number of anilines is 1. The minimum Gasteiger partial charge on any atom is -0.465 e. The van der Waals surface area contributed by atoms with Gasteiger partial charge in [-0.2, -0.15) is 0 Å². The molecular weight excluding hydrogens is 286 g/mol. The van der Waals surface area contributed by atoms with E-state index in [1.54, 1.807) is 0 Å². The summed E-state index contributed by atoms with van der Waals surface area (Å²) in [5, 5.41) is 2.28. The first-order valence-electron chi connectivity index (χ1n) is 5.50. The largest absolute Gasteiger partial charge is 0.465 e. The number of likely N-dealkylation sites (N-methyl/N-ethyl adjacent to an activating group) is 1. The summed E-state index contributed by atoms with van der Waals surface area (Å²) in [4.78, 5) is 22.1. The molecule has 0 heterocycles. The van der Waals surface area contributed by atoms with Gasteiger partial charge in [0.1, 0.15) is 4.90 Å². The second kappa shape index (κ2) is 6.35. The number of hydrogen-bond donors (Lipinski definition) is 3. The van der Waals surface area contributed by atoms with E-state index in [1.165, 1.54) is 32.4 Å². The number of hydrogen-bond acceptors (Lipinski definition) is 6. The van der Waals surface area contributed by atoms with E-state index in [9.17, 15) is 18.0 Å². The first-order chi connectivity index (χ1) is 9.31. The Labute approximate surface area is 116 Å². The van der Waals surface area contributed by atoms with Gasteiger partial charge in [-0.05, 0) is 18.2 Å². The third-order valence-electron chi connectivity index (χ3n) is 2.42. The molecule has 1 aromatic rings. The van der Waals surface area contributed by atoms with Crippen molar-refractivity contribution in [3.8, 4) is 0 Å². The maximum absolute atomic E-state index is 11.9. The van der Waals surface area contributed by atoms with E-state index in [2.05, 4.69) is 14.8 Å². The fourth-order valence-corrected chi connectivity index (χ4v) is 2.46. The van der Waals surface area contributed by atoms with Crippen molar-refractivity contribution in [2.45, 2.75) is 4.90 Å². The van der Waals surface area contributed by atoms with E-state index >= 15 is 0 Å². The van der Waals surface area contributed by atoms with Crippen LogP contribution in [0.25, 0.3) is 0 Å². The van der Waals surface area contributed by atoms with E-state index in [-0.39, 0.29) is 16.1 Å². The highest BCUT2D eigenvalue weighted by Crippen LogP contribution is 2.20. The Kier molecular flexibility index (Phi) is 5.06. The fourth-order valence-electron chi connectivity index (χ4n) is 1.36. The summed E-state index contributed by atoms with van der Waals surface area (Å²) >= 11 is 0. The molecule has 110 valence electrons. The van der Waals surface area contributed by atoms with Crippen LogP contribution >= 0.6 is 0 Å². The Morgan fingerprint density at radius 2 is 2.00 bits per heavy atom. The Balaban J connectivity index is 3.02. The number of nitrogens with one attached hydrogen (secondary N) is 2. The first kappa shape index (κ1) is 15.9. The van der Waals surface area contributed by atoms with Crippen molar-refractivity contribution in [3.63, 3.8) is 0 Å². The van der Waals surface area contributed by atoms with Gasteiger partial charge in [-0.15, -0.1) is 0 Å². The molecule has 1 rings (SSSR count). The molecule has 20 heavy (non-hydrogen) atoms. The molecule has 0 aliphatic heterocycles. The lowest BCUT2D eigenvalue weighted by Gasteiger charge is -2.09. The second-order valence-electron chi connectivity index (χ2n) is 3.74. The number of rotatable bonds is 5. The summed E-state index contributed by atoms with van der Waals surface area (Å²) in [6.45, 7) is -0.406. The average Bonchev–Trinajstić information content (AvgIpc) is 2.43. The van der Waals surface area contributed by atoms with Crippen LogP contribution in [0.1, 0.15) is 10.4 Å². The van der Waals surface area contributed by atoms with Gasteiger partial charge >= 0.3 is 5.97 Å². The number of methoxy groups -OCH3 is 1. The predicted molar refractivity (Wildman–Crippen MR) is 71.4 cm³/mol. The Morgan fingerprint density at radius 1 is 1.35 bits per heavy atom. The van der Waals surface area contributed by atoms with Gasteiger partial charge < -0.3 is 15.8 Å². The van der Waals surface area contributed by atoms with Crippen molar-refractivity contribution in [1.82, 2.24) is 10.0 Å². The SMILES string of the molecule is CNC(=O)CNS(=O)(=O)c1ccc(C(=O)OC)cc1N. The van der Waals surface area contributed by atoms with Crippen molar-refractivity contribution < 1.29 is 22.7 Å². The van der Waals surface area contributed by atoms with Crippen molar-refractivity contribution in [3.05, 3.63) is 23.8 Å². The molecule has 0 fully saturated rings. The van der Waals surface area contributed by atoms with Crippen LogP contribution in [0.3, 0.4) is 0 Å². The van der Waals surface area contributed by atoms with Crippen LogP contribution in [0.15, 0.2) is 23.1 Å². The number of nitrogen functional groups attached to an aromatic ring is 1. The van der Waals surface area contributed by atoms with E-state index in [0.717, 1.165) is 0 Å². The highest BCUT2D eigenvalue weighted by atomic mass is 32.2. The van der Waals surface area contributed by atoms with Crippen LogP contribution < -0.4 is 15.8 Å². The van der Waals surface area contributed by atoms with Crippen molar-refractivity contribution in [2.75, 3.05) is 26.4 Å². The third-order valence-corrected chi connectivity index (χ3v) is 3.90. The number of benzene rings is 1. The molecule has 0 unspecified atom stereocenters. The number of carbonyl (C=O) groups is 2. The van der Waals surface area contributed by atoms with Crippen molar-refractivity contribution in [1.29, 1.82) is 0 Å². The summed E-state index contributed by atoms with van der Waals surface area (Å²) in [6.07, 6.45) is 0. The molecule has 9 heteroatoms. The minimum atomic E-state index is -3.93. The lowest BCUT2D eigenvalue weighted by molar-refractivity contribution is -0.119. The number of amides is 1. The van der Waals surface area contributed by atoms with Crippen LogP contribution in [0, 0.1) is 0 Å². The highest BCUT2D eigenvalue weighted by molar-refractivity contribution is 7.89. The zero-order chi connectivity index (χ0) is 15.3. The summed E-state index contributed by atoms with van der Waals surface area (Å²) in [6, 6.07) is 3.64. The molecule has 0 aliphatic rings. The van der Waals surface area contributed by atoms with Gasteiger partial charge in [0.05, 0.1) is 24.9 Å². The molecule has 4 N–H and O–H groups in total. The molecule has 0 radical (unpaired) electrons. The van der Waals surface area contributed by atoms with E-state index in [4.69, 9.17) is 5.73 Å². The van der Waals surface area contributed by atoms with Crippen LogP contribution in [0.4, 0.5) is 5.69 Å². The monoisotopic (exact) mass is 301 g/mol. The van der Waals surface area contributed by atoms with Gasteiger partial charge in [0.2, 0.25) is 15.9 Å². The molecule has 0 bridgehead atoms. The average molecular weight is 301 g/mol. The third kappa shape index (κ3) is 3.68. The molecule has 1 amide bonds. The van der Waals surface area contributed by atoms with Crippen LogP contribution in [0.5, 0.6) is 0 Å². The molecule has 0 saturated heterocycles. The quantitative estimate of drug-likeness (QED) is 0.477. The molecule has 8 nitrogen and oxygen atoms in total. The molecule has 0 atom stereocenters. The molecule has 0 saturated carbocycles. The Morgan fingerprint density at radius 3 is 2.50 bits per heavy atom. The molecule has 1 aromatic carbocycles.